The molecule has 2 N–H and O–H groups in total. The number of nitrogen functional groups attached to an aromatic ring is 1. The summed E-state index contributed by atoms with van der Waals surface area (Å²) in [6.07, 6.45) is 4.21. The van der Waals surface area contributed by atoms with Crippen LogP contribution >= 0.6 is 0 Å². The standard InChI is InChI=1S/C24H30FN3/c1-17-8-9-21-14-22(25)15-23(26)24(21)28(17)18(2)16-27-12-10-20(11-13-27)19-6-4-3-5-7-19/h3-7,14-15,17,20H,2,8-13,16,26H2,1H3/t17-/m0/s1. The van der Waals surface area contributed by atoms with Gasteiger partial charge >= 0.3 is 0 Å². The van der Waals surface area contributed by atoms with E-state index < -0.39 is 0 Å². The van der Waals surface area contributed by atoms with Crippen LogP contribution in [0.3, 0.4) is 0 Å². The predicted molar refractivity (Wildman–Crippen MR) is 115 cm³/mol. The number of aryl methyl sites for hydroxylation is 1. The molecular weight excluding hydrogens is 349 g/mol. The number of likely N-dealkylation sites (tertiary alicyclic amines) is 1. The van der Waals surface area contributed by atoms with Gasteiger partial charge in [0.25, 0.3) is 0 Å². The number of hydrogen-bond acceptors (Lipinski definition) is 3. The van der Waals surface area contributed by atoms with Crippen molar-refractivity contribution in [2.45, 2.75) is 44.6 Å². The normalized spacial score (nSPS) is 20.8. The number of nitrogens with two attached hydrogens (primary N) is 1. The molecule has 2 aliphatic rings. The van der Waals surface area contributed by atoms with E-state index in [2.05, 4.69) is 53.6 Å². The van der Waals surface area contributed by atoms with Gasteiger partial charge in [-0.2, -0.15) is 0 Å². The maximum atomic E-state index is 13.8. The van der Waals surface area contributed by atoms with E-state index >= 15 is 0 Å². The summed E-state index contributed by atoms with van der Waals surface area (Å²) in [5.41, 5.74) is 11.2. The zero-order valence-electron chi connectivity index (χ0n) is 16.7. The summed E-state index contributed by atoms with van der Waals surface area (Å²) >= 11 is 0. The van der Waals surface area contributed by atoms with Gasteiger partial charge in [0.05, 0.1) is 11.4 Å². The van der Waals surface area contributed by atoms with E-state index in [-0.39, 0.29) is 5.82 Å². The minimum Gasteiger partial charge on any atom is -0.397 e. The molecule has 0 saturated carbocycles. The van der Waals surface area contributed by atoms with Crippen LogP contribution in [-0.2, 0) is 6.42 Å². The molecule has 0 aliphatic carbocycles. The molecule has 2 aliphatic heterocycles. The highest BCUT2D eigenvalue weighted by molar-refractivity contribution is 5.75. The monoisotopic (exact) mass is 379 g/mol. The lowest BCUT2D eigenvalue weighted by molar-refractivity contribution is 0.226. The lowest BCUT2D eigenvalue weighted by Gasteiger charge is -2.41. The molecule has 0 unspecified atom stereocenters. The van der Waals surface area contributed by atoms with Crippen LogP contribution in [0.2, 0.25) is 0 Å². The van der Waals surface area contributed by atoms with E-state index in [4.69, 9.17) is 5.73 Å². The first kappa shape index (κ1) is 19.0. The van der Waals surface area contributed by atoms with Gasteiger partial charge in [-0.3, -0.25) is 4.90 Å². The Balaban J connectivity index is 1.44. The van der Waals surface area contributed by atoms with Crippen molar-refractivity contribution >= 4 is 11.4 Å². The highest BCUT2D eigenvalue weighted by Crippen LogP contribution is 2.39. The number of piperidine rings is 1. The molecule has 148 valence electrons. The fraction of sp³-hybridized carbons (Fsp3) is 0.417. The summed E-state index contributed by atoms with van der Waals surface area (Å²) in [6, 6.07) is 14.2. The quantitative estimate of drug-likeness (QED) is 0.764. The van der Waals surface area contributed by atoms with E-state index in [1.54, 1.807) is 6.07 Å². The Hall–Kier alpha value is -2.33. The van der Waals surface area contributed by atoms with Crippen molar-refractivity contribution in [2.24, 2.45) is 0 Å². The Morgan fingerprint density at radius 3 is 2.57 bits per heavy atom. The topological polar surface area (TPSA) is 32.5 Å². The van der Waals surface area contributed by atoms with E-state index in [0.29, 0.717) is 17.6 Å². The molecular formula is C24H30FN3. The van der Waals surface area contributed by atoms with E-state index in [1.165, 1.54) is 24.5 Å². The smallest absolute Gasteiger partial charge is 0.125 e. The molecule has 0 radical (unpaired) electrons. The van der Waals surface area contributed by atoms with Crippen LogP contribution in [-0.4, -0.2) is 30.6 Å². The van der Waals surface area contributed by atoms with Crippen molar-refractivity contribution < 1.29 is 4.39 Å². The van der Waals surface area contributed by atoms with Crippen LogP contribution < -0.4 is 10.6 Å². The van der Waals surface area contributed by atoms with Crippen LogP contribution in [0.1, 0.15) is 43.2 Å². The van der Waals surface area contributed by atoms with Gasteiger partial charge in [-0.15, -0.1) is 0 Å². The van der Waals surface area contributed by atoms with Gasteiger partial charge in [-0.05, 0) is 74.9 Å². The number of fused-ring (bicyclic) bond motifs is 1. The minimum absolute atomic E-state index is 0.251. The number of rotatable bonds is 4. The first-order valence-corrected chi connectivity index (χ1v) is 10.3. The van der Waals surface area contributed by atoms with Gasteiger partial charge in [-0.25, -0.2) is 4.39 Å². The summed E-state index contributed by atoms with van der Waals surface area (Å²) in [5, 5.41) is 0. The molecule has 0 spiro atoms. The maximum Gasteiger partial charge on any atom is 0.125 e. The number of anilines is 2. The highest BCUT2D eigenvalue weighted by atomic mass is 19.1. The van der Waals surface area contributed by atoms with Gasteiger partial charge in [0.1, 0.15) is 5.82 Å². The van der Waals surface area contributed by atoms with Crippen molar-refractivity contribution in [2.75, 3.05) is 30.3 Å². The third-order valence-electron chi connectivity index (χ3n) is 6.30. The van der Waals surface area contributed by atoms with Crippen LogP contribution in [0, 0.1) is 5.82 Å². The van der Waals surface area contributed by atoms with Crippen LogP contribution in [0.4, 0.5) is 15.8 Å². The average molecular weight is 380 g/mol. The van der Waals surface area contributed by atoms with E-state index in [1.807, 2.05) is 0 Å². The molecule has 0 bridgehead atoms. The fourth-order valence-electron chi connectivity index (χ4n) is 4.83. The number of benzene rings is 2. The molecule has 0 amide bonds. The van der Waals surface area contributed by atoms with Gasteiger partial charge in [0, 0.05) is 18.3 Å². The Kier molecular flexibility index (Phi) is 5.40. The van der Waals surface area contributed by atoms with Crippen molar-refractivity contribution in [3.63, 3.8) is 0 Å². The molecule has 1 fully saturated rings. The average Bonchev–Trinajstić information content (AvgIpc) is 2.69. The zero-order chi connectivity index (χ0) is 19.7. The Morgan fingerprint density at radius 1 is 1.14 bits per heavy atom. The van der Waals surface area contributed by atoms with Gasteiger partial charge in [0.2, 0.25) is 0 Å². The molecule has 1 saturated heterocycles. The minimum atomic E-state index is -0.251. The second-order valence-electron chi connectivity index (χ2n) is 8.29. The Labute approximate surface area is 167 Å². The molecule has 2 aromatic carbocycles. The second kappa shape index (κ2) is 7.96. The molecule has 4 rings (SSSR count). The van der Waals surface area contributed by atoms with Crippen LogP contribution in [0.5, 0.6) is 0 Å². The van der Waals surface area contributed by atoms with Crippen molar-refractivity contribution in [3.05, 3.63) is 71.7 Å². The first-order chi connectivity index (χ1) is 13.5. The fourth-order valence-corrected chi connectivity index (χ4v) is 4.83. The number of hydrogen-bond donors (Lipinski definition) is 1. The van der Waals surface area contributed by atoms with E-state index in [9.17, 15) is 4.39 Å². The molecule has 2 heterocycles. The summed E-state index contributed by atoms with van der Waals surface area (Å²) < 4.78 is 13.8. The molecule has 4 heteroatoms. The lowest BCUT2D eigenvalue weighted by atomic mass is 9.89. The Morgan fingerprint density at radius 2 is 1.86 bits per heavy atom. The maximum absolute atomic E-state index is 13.8. The van der Waals surface area contributed by atoms with Crippen LogP contribution in [0.15, 0.2) is 54.7 Å². The molecule has 1 atom stereocenters. The number of nitrogens with zero attached hydrogens (tertiary/aromatic N) is 2. The summed E-state index contributed by atoms with van der Waals surface area (Å²) in [6.45, 7) is 9.59. The van der Waals surface area contributed by atoms with Crippen molar-refractivity contribution in [1.29, 1.82) is 0 Å². The molecule has 2 aromatic rings. The molecule has 28 heavy (non-hydrogen) atoms. The lowest BCUT2D eigenvalue weighted by Crippen LogP contribution is -2.42. The summed E-state index contributed by atoms with van der Waals surface area (Å²) in [5.74, 6) is 0.401. The van der Waals surface area contributed by atoms with Gasteiger partial charge in [0.15, 0.2) is 0 Å². The summed E-state index contributed by atoms with van der Waals surface area (Å²) in [7, 11) is 0. The Bertz CT molecular complexity index is 840. The van der Waals surface area contributed by atoms with Gasteiger partial charge in [-0.1, -0.05) is 36.9 Å². The third kappa shape index (κ3) is 3.79. The first-order valence-electron chi connectivity index (χ1n) is 10.3. The van der Waals surface area contributed by atoms with Crippen molar-refractivity contribution in [3.8, 4) is 0 Å². The zero-order valence-corrected chi connectivity index (χ0v) is 16.7. The van der Waals surface area contributed by atoms with Crippen LogP contribution in [0.25, 0.3) is 0 Å². The summed E-state index contributed by atoms with van der Waals surface area (Å²) in [4.78, 5) is 4.74. The second-order valence-corrected chi connectivity index (χ2v) is 8.29. The number of halogens is 1. The van der Waals surface area contributed by atoms with Gasteiger partial charge < -0.3 is 10.6 Å². The largest absolute Gasteiger partial charge is 0.397 e. The third-order valence-corrected chi connectivity index (χ3v) is 6.30. The molecule has 0 aromatic heterocycles. The predicted octanol–water partition coefficient (Wildman–Crippen LogP) is 4.94. The molecule has 3 nitrogen and oxygen atoms in total. The highest BCUT2D eigenvalue weighted by Gasteiger charge is 2.29. The van der Waals surface area contributed by atoms with E-state index in [0.717, 1.165) is 49.4 Å². The SMILES string of the molecule is C=C(CN1CCC(c2ccccc2)CC1)N1c2c(N)cc(F)cc2CC[C@@H]1C. The van der Waals surface area contributed by atoms with Crippen molar-refractivity contribution in [1.82, 2.24) is 4.90 Å².